The fourth-order valence-electron chi connectivity index (χ4n) is 3.64. The second-order valence-electron chi connectivity index (χ2n) is 8.23. The first-order valence-corrected chi connectivity index (χ1v) is 12.8. The number of nitrogens with zero attached hydrogens (tertiary/aromatic N) is 4. The van der Waals surface area contributed by atoms with Crippen LogP contribution in [0.5, 0.6) is 0 Å². The molecule has 1 amide bonds. The van der Waals surface area contributed by atoms with Gasteiger partial charge in [-0.05, 0) is 48.7 Å². The molecular weight excluding hydrogens is 517 g/mol. The molecule has 0 saturated carbocycles. The minimum Gasteiger partial charge on any atom is -0.344 e. The lowest BCUT2D eigenvalue weighted by Gasteiger charge is -2.21. The second kappa shape index (κ2) is 12.0. The number of amides is 1. The molecule has 8 nitrogen and oxygen atoms in total. The molecule has 190 valence electrons. The molecule has 0 aliphatic heterocycles. The molecule has 1 aromatic heterocycles. The maximum atomic E-state index is 13.3. The van der Waals surface area contributed by atoms with Crippen LogP contribution in [0.4, 0.5) is 10.1 Å². The number of carbonyl (C=O) groups excluding carboxylic acids is 1. The Bertz CT molecular complexity index is 1370. The number of alkyl halides is 1. The van der Waals surface area contributed by atoms with Gasteiger partial charge in [-0.25, -0.2) is 4.39 Å². The fourth-order valence-corrected chi connectivity index (χ4v) is 4.62. The van der Waals surface area contributed by atoms with Gasteiger partial charge in [-0.2, -0.15) is 0 Å². The molecule has 4 aromatic rings. The molecule has 37 heavy (non-hydrogen) atoms. The summed E-state index contributed by atoms with van der Waals surface area (Å²) in [4.78, 5) is 23.3. The molecule has 0 radical (unpaired) electrons. The van der Waals surface area contributed by atoms with Gasteiger partial charge >= 0.3 is 0 Å². The molecule has 0 aliphatic rings. The van der Waals surface area contributed by atoms with E-state index in [2.05, 4.69) is 15.5 Å². The summed E-state index contributed by atoms with van der Waals surface area (Å²) in [6.45, 7) is 1.58. The third-order valence-electron chi connectivity index (χ3n) is 5.53. The second-order valence-corrected chi connectivity index (χ2v) is 9.83. The zero-order chi connectivity index (χ0) is 26.4. The zero-order valence-corrected chi connectivity index (χ0v) is 21.3. The lowest BCUT2D eigenvalue weighted by Crippen LogP contribution is -2.35. The first-order valence-electron chi connectivity index (χ1n) is 11.4. The maximum absolute atomic E-state index is 13.3. The van der Waals surface area contributed by atoms with Crippen molar-refractivity contribution >= 4 is 35.0 Å². The van der Waals surface area contributed by atoms with Crippen LogP contribution in [-0.2, 0) is 17.0 Å². The van der Waals surface area contributed by atoms with E-state index in [1.54, 1.807) is 35.8 Å². The molecule has 1 heterocycles. The first kappa shape index (κ1) is 26.3. The lowest BCUT2D eigenvalue weighted by molar-refractivity contribution is -0.384. The highest BCUT2D eigenvalue weighted by Gasteiger charge is 2.26. The number of hydrogen-bond acceptors (Lipinski definition) is 6. The molecule has 0 aliphatic carbocycles. The van der Waals surface area contributed by atoms with Crippen LogP contribution in [0.3, 0.4) is 0 Å². The number of benzene rings is 3. The van der Waals surface area contributed by atoms with E-state index in [0.29, 0.717) is 28.8 Å². The van der Waals surface area contributed by atoms with Crippen molar-refractivity contribution in [1.29, 1.82) is 0 Å². The Balaban J connectivity index is 1.75. The summed E-state index contributed by atoms with van der Waals surface area (Å²) in [6, 6.07) is 21.2. The molecule has 1 N–H and O–H groups in total. The Morgan fingerprint density at radius 3 is 2.35 bits per heavy atom. The first-order chi connectivity index (χ1) is 17.8. The molecular formula is C26H23ClFN5O3S. The number of hydrogen-bond donors (Lipinski definition) is 1. The fraction of sp³-hybridized carbons (Fsp3) is 0.192. The van der Waals surface area contributed by atoms with Gasteiger partial charge in [0.25, 0.3) is 5.69 Å². The van der Waals surface area contributed by atoms with Crippen LogP contribution >= 0.6 is 23.4 Å². The van der Waals surface area contributed by atoms with Crippen molar-refractivity contribution in [2.24, 2.45) is 0 Å². The van der Waals surface area contributed by atoms with Crippen molar-refractivity contribution in [2.75, 3.05) is 0 Å². The summed E-state index contributed by atoms with van der Waals surface area (Å²) in [5, 5.41) is 22.7. The molecule has 0 bridgehead atoms. The summed E-state index contributed by atoms with van der Waals surface area (Å²) in [5.74, 6) is 0.254. The van der Waals surface area contributed by atoms with Crippen molar-refractivity contribution in [3.05, 3.63) is 112 Å². The number of carbonyl (C=O) groups is 1. The third-order valence-corrected chi connectivity index (χ3v) is 6.73. The van der Waals surface area contributed by atoms with Gasteiger partial charge in [0.1, 0.15) is 11.2 Å². The minimum atomic E-state index is -0.763. The smallest absolute Gasteiger partial charge is 0.269 e. The standard InChI is InChI=1S/C26H23ClFN5O3S/c1-17(27)25(34)29-23(15-18-5-3-2-4-6-18)24-30-31-26(37-16-19-7-9-20(28)10-8-19)32(24)21-11-13-22(14-12-21)33(35)36/h2-14,17,23H,15-16H2,1H3,(H,29,34). The van der Waals surface area contributed by atoms with E-state index in [-0.39, 0.29) is 17.4 Å². The summed E-state index contributed by atoms with van der Waals surface area (Å²) in [5.41, 5.74) is 2.40. The van der Waals surface area contributed by atoms with E-state index in [1.165, 1.54) is 36.0 Å². The van der Waals surface area contributed by atoms with Crippen LogP contribution < -0.4 is 5.32 Å². The number of non-ortho nitro benzene ring substituents is 1. The monoisotopic (exact) mass is 539 g/mol. The Kier molecular flexibility index (Phi) is 8.52. The van der Waals surface area contributed by atoms with Gasteiger partial charge in [0.2, 0.25) is 5.91 Å². The Morgan fingerprint density at radius 2 is 1.73 bits per heavy atom. The average Bonchev–Trinajstić information content (AvgIpc) is 3.32. The summed E-state index contributed by atoms with van der Waals surface area (Å²) >= 11 is 7.43. The number of thioether (sulfide) groups is 1. The van der Waals surface area contributed by atoms with E-state index in [0.717, 1.165) is 11.1 Å². The van der Waals surface area contributed by atoms with E-state index in [1.807, 2.05) is 30.3 Å². The largest absolute Gasteiger partial charge is 0.344 e. The van der Waals surface area contributed by atoms with Gasteiger partial charge in [-0.3, -0.25) is 19.5 Å². The summed E-state index contributed by atoms with van der Waals surface area (Å²) in [6.07, 6.45) is 0.421. The molecule has 0 fully saturated rings. The van der Waals surface area contributed by atoms with Crippen molar-refractivity contribution in [3.63, 3.8) is 0 Å². The number of aromatic nitrogens is 3. The number of nitro groups is 1. The van der Waals surface area contributed by atoms with Crippen LogP contribution in [-0.4, -0.2) is 31.0 Å². The van der Waals surface area contributed by atoms with Crippen LogP contribution in [0.1, 0.15) is 29.9 Å². The van der Waals surface area contributed by atoms with Gasteiger partial charge in [0, 0.05) is 23.6 Å². The Morgan fingerprint density at radius 1 is 1.05 bits per heavy atom. The summed E-state index contributed by atoms with van der Waals surface area (Å²) < 4.78 is 15.1. The quantitative estimate of drug-likeness (QED) is 0.121. The number of nitro benzene ring substituents is 1. The van der Waals surface area contributed by atoms with Crippen LogP contribution in [0.25, 0.3) is 5.69 Å². The van der Waals surface area contributed by atoms with Gasteiger partial charge in [-0.1, -0.05) is 54.2 Å². The number of rotatable bonds is 10. The van der Waals surface area contributed by atoms with Crippen molar-refractivity contribution in [1.82, 2.24) is 20.1 Å². The van der Waals surface area contributed by atoms with Crippen LogP contribution in [0, 0.1) is 15.9 Å². The Hall–Kier alpha value is -3.76. The predicted molar refractivity (Wildman–Crippen MR) is 140 cm³/mol. The molecule has 2 unspecified atom stereocenters. The molecule has 11 heteroatoms. The Labute approximate surface area is 222 Å². The number of halogens is 2. The van der Waals surface area contributed by atoms with Gasteiger partial charge < -0.3 is 5.32 Å². The van der Waals surface area contributed by atoms with Crippen LogP contribution in [0.15, 0.2) is 84.0 Å². The molecule has 2 atom stereocenters. The van der Waals surface area contributed by atoms with Crippen molar-refractivity contribution in [2.45, 2.75) is 35.7 Å². The van der Waals surface area contributed by atoms with E-state index < -0.39 is 16.3 Å². The van der Waals surface area contributed by atoms with Gasteiger partial charge in [0.05, 0.1) is 11.0 Å². The molecule has 0 saturated heterocycles. The average molecular weight is 540 g/mol. The SMILES string of the molecule is CC(Cl)C(=O)NC(Cc1ccccc1)c1nnc(SCc2ccc(F)cc2)n1-c1ccc([N+](=O)[O-])cc1. The topological polar surface area (TPSA) is 103 Å². The highest BCUT2D eigenvalue weighted by molar-refractivity contribution is 7.98. The normalized spacial score (nSPS) is 12.6. The van der Waals surface area contributed by atoms with E-state index in [4.69, 9.17) is 11.6 Å². The highest BCUT2D eigenvalue weighted by Crippen LogP contribution is 2.30. The lowest BCUT2D eigenvalue weighted by atomic mass is 10.0. The van der Waals surface area contributed by atoms with Crippen LogP contribution in [0.2, 0.25) is 0 Å². The molecule has 4 rings (SSSR count). The molecule has 0 spiro atoms. The number of nitrogens with one attached hydrogen (secondary N) is 1. The van der Waals surface area contributed by atoms with E-state index in [9.17, 15) is 19.3 Å². The summed E-state index contributed by atoms with van der Waals surface area (Å²) in [7, 11) is 0. The predicted octanol–water partition coefficient (Wildman–Crippen LogP) is 5.63. The third kappa shape index (κ3) is 6.72. The highest BCUT2D eigenvalue weighted by atomic mass is 35.5. The molecule has 3 aromatic carbocycles. The van der Waals surface area contributed by atoms with Crippen molar-refractivity contribution in [3.8, 4) is 5.69 Å². The maximum Gasteiger partial charge on any atom is 0.269 e. The zero-order valence-electron chi connectivity index (χ0n) is 19.8. The minimum absolute atomic E-state index is 0.0519. The van der Waals surface area contributed by atoms with Crippen molar-refractivity contribution < 1.29 is 14.1 Å². The van der Waals surface area contributed by atoms with Gasteiger partial charge in [-0.15, -0.1) is 21.8 Å². The van der Waals surface area contributed by atoms with E-state index >= 15 is 0 Å². The van der Waals surface area contributed by atoms with Gasteiger partial charge in [0.15, 0.2) is 11.0 Å².